The quantitative estimate of drug-likeness (QED) is 0.672. The number of aryl methyl sites for hydroxylation is 1. The Kier molecular flexibility index (Phi) is 5.00. The Morgan fingerprint density at radius 3 is 2.68 bits per heavy atom. The molecule has 132 valence electrons. The summed E-state index contributed by atoms with van der Waals surface area (Å²) in [4.78, 5) is 36.9. The summed E-state index contributed by atoms with van der Waals surface area (Å²) in [6.45, 7) is 2.88. The summed E-state index contributed by atoms with van der Waals surface area (Å²) >= 11 is 5.81. The van der Waals surface area contributed by atoms with E-state index >= 15 is 0 Å². The highest BCUT2D eigenvalue weighted by molar-refractivity contribution is 6.29. The van der Waals surface area contributed by atoms with Crippen LogP contribution in [0, 0.1) is 0 Å². The van der Waals surface area contributed by atoms with Crippen LogP contribution in [0.2, 0.25) is 5.15 Å². The van der Waals surface area contributed by atoms with Crippen LogP contribution in [-0.4, -0.2) is 37.8 Å². The Morgan fingerprint density at radius 1 is 1.24 bits per heavy atom. The van der Waals surface area contributed by atoms with E-state index in [2.05, 4.69) is 15.0 Å². The van der Waals surface area contributed by atoms with E-state index in [1.807, 2.05) is 6.92 Å². The minimum Gasteiger partial charge on any atom is -0.383 e. The van der Waals surface area contributed by atoms with Crippen LogP contribution in [0.15, 0.2) is 27.9 Å². The van der Waals surface area contributed by atoms with Crippen molar-refractivity contribution in [1.82, 2.24) is 24.1 Å². The van der Waals surface area contributed by atoms with Gasteiger partial charge < -0.3 is 9.72 Å². The molecule has 3 rings (SSSR count). The number of methoxy groups -OCH3 is 1. The highest BCUT2D eigenvalue weighted by Gasteiger charge is 2.17. The lowest BCUT2D eigenvalue weighted by Gasteiger charge is -2.09. The number of ether oxygens (including phenoxy) is 1. The molecule has 3 aromatic rings. The second kappa shape index (κ2) is 7.20. The average Bonchev–Trinajstić information content (AvgIpc) is 3.04. The van der Waals surface area contributed by atoms with Gasteiger partial charge in [0.25, 0.3) is 5.56 Å². The maximum Gasteiger partial charge on any atom is 0.332 e. The van der Waals surface area contributed by atoms with Crippen molar-refractivity contribution in [3.8, 4) is 11.4 Å². The largest absolute Gasteiger partial charge is 0.383 e. The average molecular weight is 364 g/mol. The van der Waals surface area contributed by atoms with E-state index in [0.29, 0.717) is 28.7 Å². The molecule has 0 spiro atoms. The van der Waals surface area contributed by atoms with Crippen molar-refractivity contribution in [2.24, 2.45) is 0 Å². The third kappa shape index (κ3) is 3.22. The number of imidazole rings is 1. The molecule has 0 saturated carbocycles. The number of hydrogen-bond donors (Lipinski definition) is 1. The number of H-pyrrole nitrogens is 1. The normalized spacial score (nSPS) is 11.3. The lowest BCUT2D eigenvalue weighted by atomic mass is 10.3. The third-order valence-electron chi connectivity index (χ3n) is 3.83. The summed E-state index contributed by atoms with van der Waals surface area (Å²) in [5, 5.41) is 0.365. The third-order valence-corrected chi connectivity index (χ3v) is 4.05. The number of fused-ring (bicyclic) bond motifs is 1. The van der Waals surface area contributed by atoms with Crippen LogP contribution in [0.3, 0.4) is 0 Å². The van der Waals surface area contributed by atoms with Crippen LogP contribution in [-0.2, 0) is 17.8 Å². The van der Waals surface area contributed by atoms with Crippen LogP contribution in [0.4, 0.5) is 0 Å². The first-order valence-electron chi connectivity index (χ1n) is 7.91. The molecule has 9 heteroatoms. The van der Waals surface area contributed by atoms with Gasteiger partial charge in [0, 0.05) is 25.4 Å². The Labute approximate surface area is 148 Å². The maximum absolute atomic E-state index is 12.7. The Bertz CT molecular complexity index is 1000. The highest BCUT2D eigenvalue weighted by atomic mass is 35.5. The summed E-state index contributed by atoms with van der Waals surface area (Å²) < 4.78 is 7.68. The molecule has 0 fully saturated rings. The summed E-state index contributed by atoms with van der Waals surface area (Å²) in [5.74, 6) is 0.463. The minimum atomic E-state index is -0.412. The number of nitrogens with zero attached hydrogens (tertiary/aromatic N) is 4. The van der Waals surface area contributed by atoms with Crippen molar-refractivity contribution in [2.45, 2.75) is 26.4 Å². The number of halogens is 1. The van der Waals surface area contributed by atoms with E-state index in [4.69, 9.17) is 16.3 Å². The second-order valence-electron chi connectivity index (χ2n) is 5.54. The number of aromatic amines is 1. The fraction of sp³-hybridized carbons (Fsp3) is 0.375. The van der Waals surface area contributed by atoms with E-state index in [1.165, 1.54) is 16.2 Å². The van der Waals surface area contributed by atoms with E-state index in [1.54, 1.807) is 18.3 Å². The molecule has 0 unspecified atom stereocenters. The molecule has 0 amide bonds. The van der Waals surface area contributed by atoms with Gasteiger partial charge in [-0.25, -0.2) is 14.8 Å². The Balaban J connectivity index is 2.24. The van der Waals surface area contributed by atoms with Crippen molar-refractivity contribution in [1.29, 1.82) is 0 Å². The molecule has 1 N–H and O–H groups in total. The van der Waals surface area contributed by atoms with Gasteiger partial charge in [0.15, 0.2) is 5.65 Å². The summed E-state index contributed by atoms with van der Waals surface area (Å²) in [5.41, 5.74) is 0.511. The Hall–Kier alpha value is -2.45. The van der Waals surface area contributed by atoms with Crippen molar-refractivity contribution in [3.63, 3.8) is 0 Å². The Morgan fingerprint density at radius 2 is 2.04 bits per heavy atom. The first-order chi connectivity index (χ1) is 12.1. The van der Waals surface area contributed by atoms with Gasteiger partial charge in [0.2, 0.25) is 0 Å². The molecule has 0 aliphatic carbocycles. The topological polar surface area (TPSA) is 94.8 Å². The fourth-order valence-corrected chi connectivity index (χ4v) is 2.74. The molecule has 25 heavy (non-hydrogen) atoms. The first kappa shape index (κ1) is 17.4. The zero-order chi connectivity index (χ0) is 18.0. The number of hydrogen-bond acceptors (Lipinski definition) is 5. The van der Waals surface area contributed by atoms with Gasteiger partial charge in [0.05, 0.1) is 13.2 Å². The van der Waals surface area contributed by atoms with Crippen molar-refractivity contribution < 1.29 is 4.74 Å². The second-order valence-corrected chi connectivity index (χ2v) is 5.92. The molecular formula is C16H18ClN5O3. The number of rotatable bonds is 6. The van der Waals surface area contributed by atoms with E-state index in [0.717, 1.165) is 6.42 Å². The fourth-order valence-electron chi connectivity index (χ4n) is 2.62. The van der Waals surface area contributed by atoms with Gasteiger partial charge in [-0.05, 0) is 18.6 Å². The molecule has 3 heterocycles. The highest BCUT2D eigenvalue weighted by Crippen LogP contribution is 2.19. The standard InChI is InChI=1S/C16H18ClN5O3/c1-3-6-21-14-12(15(23)22(16(21)24)7-8-25-2)19-13(20-14)10-4-5-11(17)18-9-10/h4-5,9H,3,6-8H2,1-2H3,(H,19,20). The van der Waals surface area contributed by atoms with Crippen molar-refractivity contribution >= 4 is 22.8 Å². The van der Waals surface area contributed by atoms with Crippen molar-refractivity contribution in [2.75, 3.05) is 13.7 Å². The molecule has 8 nitrogen and oxygen atoms in total. The molecule has 0 saturated heterocycles. The van der Waals surface area contributed by atoms with Crippen LogP contribution in [0.25, 0.3) is 22.6 Å². The molecule has 0 radical (unpaired) electrons. The molecule has 3 aromatic heterocycles. The van der Waals surface area contributed by atoms with Gasteiger partial charge in [-0.2, -0.15) is 0 Å². The molecule has 0 bridgehead atoms. The smallest absolute Gasteiger partial charge is 0.332 e. The molecule has 0 atom stereocenters. The van der Waals surface area contributed by atoms with Gasteiger partial charge >= 0.3 is 5.69 Å². The zero-order valence-electron chi connectivity index (χ0n) is 14.0. The first-order valence-corrected chi connectivity index (χ1v) is 8.28. The lowest BCUT2D eigenvalue weighted by molar-refractivity contribution is 0.184. The predicted molar refractivity (Wildman–Crippen MR) is 95.0 cm³/mol. The van der Waals surface area contributed by atoms with E-state index in [9.17, 15) is 9.59 Å². The molecule has 0 aliphatic heterocycles. The maximum atomic E-state index is 12.7. The lowest BCUT2D eigenvalue weighted by Crippen LogP contribution is -2.41. The van der Waals surface area contributed by atoms with E-state index < -0.39 is 5.56 Å². The van der Waals surface area contributed by atoms with Gasteiger partial charge in [-0.3, -0.25) is 13.9 Å². The summed E-state index contributed by atoms with van der Waals surface area (Å²) in [6.07, 6.45) is 2.30. The number of aromatic nitrogens is 5. The van der Waals surface area contributed by atoms with Crippen LogP contribution < -0.4 is 11.2 Å². The van der Waals surface area contributed by atoms with Crippen LogP contribution in [0.5, 0.6) is 0 Å². The van der Waals surface area contributed by atoms with Crippen molar-refractivity contribution in [3.05, 3.63) is 44.3 Å². The SMILES string of the molecule is CCCn1c(=O)n(CCOC)c(=O)c2[nH]c(-c3ccc(Cl)nc3)nc21. The van der Waals surface area contributed by atoms with E-state index in [-0.39, 0.29) is 24.4 Å². The summed E-state index contributed by atoms with van der Waals surface area (Å²) in [7, 11) is 1.52. The van der Waals surface area contributed by atoms with Gasteiger partial charge in [-0.15, -0.1) is 0 Å². The number of nitrogens with one attached hydrogen (secondary N) is 1. The van der Waals surface area contributed by atoms with Crippen LogP contribution >= 0.6 is 11.6 Å². The predicted octanol–water partition coefficient (Wildman–Crippen LogP) is 1.66. The minimum absolute atomic E-state index is 0.185. The number of pyridine rings is 1. The van der Waals surface area contributed by atoms with Gasteiger partial charge in [-0.1, -0.05) is 18.5 Å². The van der Waals surface area contributed by atoms with Crippen LogP contribution in [0.1, 0.15) is 13.3 Å². The summed E-state index contributed by atoms with van der Waals surface area (Å²) in [6, 6.07) is 3.39. The molecule has 0 aromatic carbocycles. The zero-order valence-corrected chi connectivity index (χ0v) is 14.7. The molecular weight excluding hydrogens is 346 g/mol. The molecule has 0 aliphatic rings. The van der Waals surface area contributed by atoms with Gasteiger partial charge in [0.1, 0.15) is 16.5 Å². The monoisotopic (exact) mass is 363 g/mol.